The van der Waals surface area contributed by atoms with Crippen LogP contribution in [-0.4, -0.2) is 9.97 Å². The van der Waals surface area contributed by atoms with E-state index in [1.54, 1.807) is 18.7 Å². The van der Waals surface area contributed by atoms with Crippen molar-refractivity contribution < 1.29 is 13.3 Å². The molecule has 5 heterocycles. The first kappa shape index (κ1) is 14.3. The van der Waals surface area contributed by atoms with Crippen molar-refractivity contribution in [1.29, 1.82) is 0 Å². The number of hydrogen-bond acceptors (Lipinski definition) is 5. The summed E-state index contributed by atoms with van der Waals surface area (Å²) in [6, 6.07) is 17.6. The third-order valence-corrected chi connectivity index (χ3v) is 4.67. The zero-order valence-corrected chi connectivity index (χ0v) is 14.0. The molecule has 5 aromatic heterocycles. The first-order chi connectivity index (χ1) is 13.3. The Kier molecular flexibility index (Phi) is 2.82. The van der Waals surface area contributed by atoms with E-state index in [0.29, 0.717) is 11.5 Å². The molecule has 0 saturated carbocycles. The minimum atomic E-state index is 0.691. The molecule has 27 heavy (non-hydrogen) atoms. The highest BCUT2D eigenvalue weighted by atomic mass is 16.3. The van der Waals surface area contributed by atoms with Gasteiger partial charge in [0.2, 0.25) is 0 Å². The summed E-state index contributed by atoms with van der Waals surface area (Å²) in [5.41, 5.74) is 3.82. The number of para-hydroxylation sites is 1. The van der Waals surface area contributed by atoms with E-state index in [1.165, 1.54) is 0 Å². The maximum absolute atomic E-state index is 6.04. The van der Waals surface area contributed by atoms with E-state index < -0.39 is 0 Å². The minimum absolute atomic E-state index is 0.691. The quantitative estimate of drug-likeness (QED) is 0.379. The lowest BCUT2D eigenvalue weighted by atomic mass is 10.2. The van der Waals surface area contributed by atoms with Gasteiger partial charge in [0.25, 0.3) is 0 Å². The lowest BCUT2D eigenvalue weighted by Gasteiger charge is -1.96. The van der Waals surface area contributed by atoms with Gasteiger partial charge in [-0.25, -0.2) is 4.98 Å². The van der Waals surface area contributed by atoms with Crippen molar-refractivity contribution in [2.45, 2.75) is 0 Å². The van der Waals surface area contributed by atoms with Crippen molar-refractivity contribution in [2.75, 3.05) is 0 Å². The average molecular weight is 352 g/mol. The summed E-state index contributed by atoms with van der Waals surface area (Å²) >= 11 is 0. The molecule has 0 N–H and O–H groups in total. The van der Waals surface area contributed by atoms with Gasteiger partial charge in [0.1, 0.15) is 22.6 Å². The Bertz CT molecular complexity index is 1410. The number of benzene rings is 1. The summed E-state index contributed by atoms with van der Waals surface area (Å²) in [7, 11) is 0. The van der Waals surface area contributed by atoms with Gasteiger partial charge in [0.15, 0.2) is 17.1 Å². The highest BCUT2D eigenvalue weighted by Gasteiger charge is 2.13. The Balaban J connectivity index is 1.46. The minimum Gasteiger partial charge on any atom is -0.463 e. The molecular weight excluding hydrogens is 340 g/mol. The molecule has 1 aromatic carbocycles. The summed E-state index contributed by atoms with van der Waals surface area (Å²) < 4.78 is 17.3. The Morgan fingerprint density at radius 2 is 1.33 bits per heavy atom. The predicted octanol–water partition coefficient (Wildman–Crippen LogP) is 6.05. The normalized spacial score (nSPS) is 11.7. The molecule has 0 aliphatic carbocycles. The molecule has 0 aliphatic heterocycles. The number of hydrogen-bond donors (Lipinski definition) is 0. The van der Waals surface area contributed by atoms with Crippen LogP contribution in [0.2, 0.25) is 0 Å². The van der Waals surface area contributed by atoms with E-state index in [2.05, 4.69) is 9.97 Å². The molecule has 0 spiro atoms. The van der Waals surface area contributed by atoms with E-state index in [-0.39, 0.29) is 0 Å². The molecule has 0 fully saturated rings. The predicted molar refractivity (Wildman–Crippen MR) is 102 cm³/mol. The molecule has 128 valence electrons. The van der Waals surface area contributed by atoms with Gasteiger partial charge < -0.3 is 13.3 Å². The second-order valence-electron chi connectivity index (χ2n) is 6.39. The first-order valence-corrected chi connectivity index (χ1v) is 8.56. The zero-order valence-electron chi connectivity index (χ0n) is 14.0. The Morgan fingerprint density at radius 1 is 0.593 bits per heavy atom. The number of furan rings is 3. The topological polar surface area (TPSA) is 65.2 Å². The molecule has 6 rings (SSSR count). The van der Waals surface area contributed by atoms with Crippen molar-refractivity contribution in [3.63, 3.8) is 0 Å². The van der Waals surface area contributed by atoms with Crippen LogP contribution in [0.3, 0.4) is 0 Å². The van der Waals surface area contributed by atoms with Crippen molar-refractivity contribution in [3.05, 3.63) is 73.3 Å². The van der Waals surface area contributed by atoms with Crippen molar-refractivity contribution in [2.24, 2.45) is 0 Å². The fourth-order valence-electron chi connectivity index (χ4n) is 3.30. The Hall–Kier alpha value is -3.86. The second kappa shape index (κ2) is 5.32. The Morgan fingerprint density at radius 3 is 2.26 bits per heavy atom. The molecule has 5 nitrogen and oxygen atoms in total. The van der Waals surface area contributed by atoms with Gasteiger partial charge in [-0.05, 0) is 30.3 Å². The zero-order chi connectivity index (χ0) is 17.8. The number of aromatic nitrogens is 2. The molecule has 0 saturated heterocycles. The van der Waals surface area contributed by atoms with Crippen LogP contribution in [0.15, 0.2) is 86.5 Å². The fraction of sp³-hybridized carbons (Fsp3) is 0. The highest BCUT2D eigenvalue weighted by Crippen LogP contribution is 2.32. The molecule has 0 unspecified atom stereocenters. The number of rotatable bonds is 2. The molecule has 0 radical (unpaired) electrons. The molecule has 0 atom stereocenters. The van der Waals surface area contributed by atoms with E-state index in [4.69, 9.17) is 13.3 Å². The summed E-state index contributed by atoms with van der Waals surface area (Å²) in [5.74, 6) is 1.41. The van der Waals surface area contributed by atoms with E-state index >= 15 is 0 Å². The van der Waals surface area contributed by atoms with Gasteiger partial charge in [0.05, 0.1) is 12.5 Å². The maximum Gasteiger partial charge on any atom is 0.153 e. The van der Waals surface area contributed by atoms with Crippen LogP contribution in [0.5, 0.6) is 0 Å². The van der Waals surface area contributed by atoms with Crippen molar-refractivity contribution in [3.8, 4) is 22.9 Å². The summed E-state index contributed by atoms with van der Waals surface area (Å²) in [6.07, 6.45) is 5.15. The molecule has 0 amide bonds. The SMILES string of the molecule is c1ccc2oc(-c3cc4oc(-c5cc6ccoc6cn5)cc4cn3)cc2c1. The van der Waals surface area contributed by atoms with Crippen molar-refractivity contribution >= 4 is 32.9 Å². The van der Waals surface area contributed by atoms with Crippen LogP contribution in [0.4, 0.5) is 0 Å². The first-order valence-electron chi connectivity index (χ1n) is 8.56. The van der Waals surface area contributed by atoms with Gasteiger partial charge >= 0.3 is 0 Å². The van der Waals surface area contributed by atoms with Gasteiger partial charge in [-0.3, -0.25) is 4.98 Å². The van der Waals surface area contributed by atoms with Crippen molar-refractivity contribution in [1.82, 2.24) is 9.97 Å². The van der Waals surface area contributed by atoms with E-state index in [9.17, 15) is 0 Å². The Labute approximate surface area is 152 Å². The lowest BCUT2D eigenvalue weighted by Crippen LogP contribution is -1.79. The number of pyridine rings is 2. The summed E-state index contributed by atoms with van der Waals surface area (Å²) in [5, 5.41) is 2.95. The fourth-order valence-corrected chi connectivity index (χ4v) is 3.30. The van der Waals surface area contributed by atoms with Crippen LogP contribution < -0.4 is 0 Å². The molecule has 5 heteroatoms. The van der Waals surface area contributed by atoms with E-state index in [0.717, 1.165) is 44.3 Å². The van der Waals surface area contributed by atoms with Crippen LogP contribution in [-0.2, 0) is 0 Å². The second-order valence-corrected chi connectivity index (χ2v) is 6.39. The van der Waals surface area contributed by atoms with E-state index in [1.807, 2.05) is 54.6 Å². The van der Waals surface area contributed by atoms with Gasteiger partial charge in [0, 0.05) is 28.4 Å². The molecule has 0 bridgehead atoms. The number of fused-ring (bicyclic) bond motifs is 3. The smallest absolute Gasteiger partial charge is 0.153 e. The van der Waals surface area contributed by atoms with Gasteiger partial charge in [-0.15, -0.1) is 0 Å². The van der Waals surface area contributed by atoms with Crippen LogP contribution in [0.25, 0.3) is 55.8 Å². The van der Waals surface area contributed by atoms with Crippen LogP contribution in [0, 0.1) is 0 Å². The average Bonchev–Trinajstić information content (AvgIpc) is 3.42. The van der Waals surface area contributed by atoms with Gasteiger partial charge in [-0.1, -0.05) is 18.2 Å². The largest absolute Gasteiger partial charge is 0.463 e. The lowest BCUT2D eigenvalue weighted by molar-refractivity contribution is 0.613. The molecule has 6 aromatic rings. The van der Waals surface area contributed by atoms with Crippen LogP contribution in [0.1, 0.15) is 0 Å². The summed E-state index contributed by atoms with van der Waals surface area (Å²) in [4.78, 5) is 8.96. The maximum atomic E-state index is 6.04. The number of nitrogens with zero attached hydrogens (tertiary/aromatic N) is 2. The third kappa shape index (κ3) is 2.25. The van der Waals surface area contributed by atoms with Gasteiger partial charge in [-0.2, -0.15) is 0 Å². The molecular formula is C22H12N2O3. The summed E-state index contributed by atoms with van der Waals surface area (Å²) in [6.45, 7) is 0. The third-order valence-electron chi connectivity index (χ3n) is 4.67. The molecule has 0 aliphatic rings. The standard InChI is InChI=1S/C22H12N2O3/c1-2-4-18-13(3-1)8-20(26-18)17-10-19-15(11-23-17)9-21(27-19)16-7-14-5-6-25-22(14)12-24-16/h1-12H. The highest BCUT2D eigenvalue weighted by molar-refractivity contribution is 5.88. The monoisotopic (exact) mass is 352 g/mol. The van der Waals surface area contributed by atoms with Crippen LogP contribution >= 0.6 is 0 Å².